The van der Waals surface area contributed by atoms with Crippen LogP contribution < -0.4 is 0 Å². The van der Waals surface area contributed by atoms with E-state index in [1.165, 1.54) is 6.07 Å². The lowest BCUT2D eigenvalue weighted by Crippen LogP contribution is -2.26. The molecule has 5 heteroatoms. The van der Waals surface area contributed by atoms with Crippen molar-refractivity contribution in [2.24, 2.45) is 0 Å². The average Bonchev–Trinajstić information content (AvgIpc) is 2.99. The first-order chi connectivity index (χ1) is 10.6. The smallest absolute Gasteiger partial charge is 0.255 e. The maximum Gasteiger partial charge on any atom is 0.255 e. The number of benzene rings is 2. The minimum absolute atomic E-state index is 0.0826. The van der Waals surface area contributed by atoms with Crippen molar-refractivity contribution >= 4 is 28.4 Å². The summed E-state index contributed by atoms with van der Waals surface area (Å²) in [4.78, 5) is 17.3. The number of phenols is 1. The topological polar surface area (TPSA) is 56.3 Å². The summed E-state index contributed by atoms with van der Waals surface area (Å²) < 4.78 is 0. The van der Waals surface area contributed by atoms with Gasteiger partial charge in [-0.2, -0.15) is 0 Å². The summed E-state index contributed by atoms with van der Waals surface area (Å²) in [7, 11) is 1.72. The van der Waals surface area contributed by atoms with Crippen molar-refractivity contribution in [2.75, 3.05) is 7.05 Å². The number of H-pyrrole nitrogens is 1. The second-order valence-electron chi connectivity index (χ2n) is 5.16. The number of aromatic amines is 1. The highest BCUT2D eigenvalue weighted by molar-refractivity contribution is 6.35. The molecule has 1 aromatic heterocycles. The number of fused-ring (bicyclic) bond motifs is 1. The minimum Gasteiger partial charge on any atom is -0.506 e. The summed E-state index contributed by atoms with van der Waals surface area (Å²) in [6.45, 7) is 0.458. The van der Waals surface area contributed by atoms with Gasteiger partial charge in [-0.25, -0.2) is 0 Å². The maximum absolute atomic E-state index is 12.5. The Labute approximate surface area is 132 Å². The molecule has 1 heterocycles. The van der Waals surface area contributed by atoms with Crippen LogP contribution in [-0.2, 0) is 6.54 Å². The zero-order valence-electron chi connectivity index (χ0n) is 12.0. The molecule has 0 spiro atoms. The van der Waals surface area contributed by atoms with Crippen molar-refractivity contribution in [3.8, 4) is 5.75 Å². The van der Waals surface area contributed by atoms with E-state index in [4.69, 9.17) is 11.6 Å². The van der Waals surface area contributed by atoms with E-state index in [0.29, 0.717) is 12.1 Å². The zero-order valence-corrected chi connectivity index (χ0v) is 12.8. The number of aromatic hydroxyl groups is 1. The normalized spacial score (nSPS) is 10.8. The van der Waals surface area contributed by atoms with Crippen molar-refractivity contribution in [1.29, 1.82) is 0 Å². The van der Waals surface area contributed by atoms with Crippen LogP contribution in [0.3, 0.4) is 0 Å². The predicted molar refractivity (Wildman–Crippen MR) is 87.2 cm³/mol. The van der Waals surface area contributed by atoms with E-state index >= 15 is 0 Å². The summed E-state index contributed by atoms with van der Waals surface area (Å²) in [5.41, 5.74) is 2.38. The molecule has 3 aromatic rings. The van der Waals surface area contributed by atoms with E-state index in [1.807, 2.05) is 30.5 Å². The highest BCUT2D eigenvalue weighted by Crippen LogP contribution is 2.28. The summed E-state index contributed by atoms with van der Waals surface area (Å²) in [5, 5.41) is 10.8. The Morgan fingerprint density at radius 1 is 1.23 bits per heavy atom. The van der Waals surface area contributed by atoms with Gasteiger partial charge >= 0.3 is 0 Å². The Kier molecular flexibility index (Phi) is 3.77. The molecule has 2 N–H and O–H groups in total. The number of rotatable bonds is 3. The lowest BCUT2D eigenvalue weighted by molar-refractivity contribution is 0.0785. The molecule has 112 valence electrons. The second kappa shape index (κ2) is 5.73. The first-order valence-corrected chi connectivity index (χ1v) is 7.23. The fourth-order valence-electron chi connectivity index (χ4n) is 2.51. The lowest BCUT2D eigenvalue weighted by Gasteiger charge is -2.19. The molecule has 0 aliphatic heterocycles. The highest BCUT2D eigenvalue weighted by Gasteiger charge is 2.18. The van der Waals surface area contributed by atoms with E-state index in [-0.39, 0.29) is 16.7 Å². The Morgan fingerprint density at radius 3 is 2.82 bits per heavy atom. The molecule has 0 radical (unpaired) electrons. The lowest BCUT2D eigenvalue weighted by atomic mass is 10.1. The van der Waals surface area contributed by atoms with Gasteiger partial charge in [0.05, 0.1) is 10.6 Å². The van der Waals surface area contributed by atoms with Gasteiger partial charge in [-0.3, -0.25) is 4.79 Å². The molecular formula is C17H15ClN2O2. The highest BCUT2D eigenvalue weighted by atomic mass is 35.5. The van der Waals surface area contributed by atoms with Crippen LogP contribution in [0.4, 0.5) is 0 Å². The second-order valence-corrected chi connectivity index (χ2v) is 5.53. The molecule has 2 aromatic carbocycles. The van der Waals surface area contributed by atoms with E-state index in [2.05, 4.69) is 4.98 Å². The number of nitrogens with one attached hydrogen (secondary N) is 1. The molecule has 0 atom stereocenters. The van der Waals surface area contributed by atoms with Gasteiger partial charge < -0.3 is 15.0 Å². The third-order valence-corrected chi connectivity index (χ3v) is 4.05. The minimum atomic E-state index is -0.228. The Morgan fingerprint density at radius 2 is 2.00 bits per heavy atom. The quantitative estimate of drug-likeness (QED) is 0.772. The molecule has 22 heavy (non-hydrogen) atoms. The monoisotopic (exact) mass is 314 g/mol. The third-order valence-electron chi connectivity index (χ3n) is 3.65. The van der Waals surface area contributed by atoms with E-state index < -0.39 is 0 Å². The Bertz CT molecular complexity index is 842. The van der Waals surface area contributed by atoms with Crippen LogP contribution in [0.2, 0.25) is 5.02 Å². The number of halogens is 1. The van der Waals surface area contributed by atoms with Crippen molar-refractivity contribution in [3.05, 3.63) is 64.8 Å². The van der Waals surface area contributed by atoms with Crippen LogP contribution >= 0.6 is 11.6 Å². The van der Waals surface area contributed by atoms with Gasteiger partial charge in [-0.1, -0.05) is 29.8 Å². The van der Waals surface area contributed by atoms with E-state index in [1.54, 1.807) is 24.1 Å². The third kappa shape index (κ3) is 2.53. The van der Waals surface area contributed by atoms with E-state index in [9.17, 15) is 9.90 Å². The number of phenolic OH excluding ortho intramolecular Hbond substituents is 1. The van der Waals surface area contributed by atoms with Gasteiger partial charge in [0.25, 0.3) is 5.91 Å². The maximum atomic E-state index is 12.5. The number of carbonyl (C=O) groups is 1. The average molecular weight is 315 g/mol. The molecule has 4 nitrogen and oxygen atoms in total. The number of aromatic nitrogens is 1. The number of carbonyl (C=O) groups excluding carboxylic acids is 1. The number of amides is 1. The molecule has 0 bridgehead atoms. The van der Waals surface area contributed by atoms with Crippen LogP contribution in [-0.4, -0.2) is 27.9 Å². The fraction of sp³-hybridized carbons (Fsp3) is 0.118. The molecule has 0 saturated carbocycles. The SMILES string of the molecule is CN(Cc1cccc2[nH]ccc12)C(=O)c1cccc(O)c1Cl. The Balaban J connectivity index is 1.88. The molecule has 0 aliphatic carbocycles. The van der Waals surface area contributed by atoms with Crippen molar-refractivity contribution in [1.82, 2.24) is 9.88 Å². The summed E-state index contributed by atoms with van der Waals surface area (Å²) in [5.74, 6) is -0.318. The number of hydrogen-bond acceptors (Lipinski definition) is 2. The first-order valence-electron chi connectivity index (χ1n) is 6.86. The Hall–Kier alpha value is -2.46. The van der Waals surface area contributed by atoms with E-state index in [0.717, 1.165) is 16.5 Å². The van der Waals surface area contributed by atoms with Crippen LogP contribution in [0, 0.1) is 0 Å². The van der Waals surface area contributed by atoms with Gasteiger partial charge in [0.15, 0.2) is 0 Å². The summed E-state index contributed by atoms with van der Waals surface area (Å²) in [6, 6.07) is 12.6. The standard InChI is InChI=1S/C17H15ClN2O2/c1-20(17(22)13-5-3-7-15(21)16(13)18)10-11-4-2-6-14-12(11)8-9-19-14/h2-9,19,21H,10H2,1H3. The van der Waals surface area contributed by atoms with Crippen LogP contribution in [0.5, 0.6) is 5.75 Å². The molecule has 0 saturated heterocycles. The van der Waals surface area contributed by atoms with Gasteiger partial charge in [0.1, 0.15) is 5.75 Å². The van der Waals surface area contributed by atoms with Crippen LogP contribution in [0.1, 0.15) is 15.9 Å². The molecule has 1 amide bonds. The van der Waals surface area contributed by atoms with Crippen molar-refractivity contribution in [3.63, 3.8) is 0 Å². The number of hydrogen-bond donors (Lipinski definition) is 2. The van der Waals surface area contributed by atoms with Crippen LogP contribution in [0.15, 0.2) is 48.7 Å². The molecule has 3 rings (SSSR count). The van der Waals surface area contributed by atoms with Gasteiger partial charge in [-0.05, 0) is 29.8 Å². The van der Waals surface area contributed by atoms with Crippen molar-refractivity contribution in [2.45, 2.75) is 6.54 Å². The summed E-state index contributed by atoms with van der Waals surface area (Å²) in [6.07, 6.45) is 1.88. The van der Waals surface area contributed by atoms with Gasteiger partial charge in [0.2, 0.25) is 0 Å². The largest absolute Gasteiger partial charge is 0.506 e. The molecule has 0 unspecified atom stereocenters. The molecule has 0 fully saturated rings. The molecular weight excluding hydrogens is 300 g/mol. The van der Waals surface area contributed by atoms with Gasteiger partial charge in [0, 0.05) is 30.7 Å². The molecule has 0 aliphatic rings. The first kappa shape index (κ1) is 14.5. The zero-order chi connectivity index (χ0) is 15.7. The number of nitrogens with zero attached hydrogens (tertiary/aromatic N) is 1. The predicted octanol–water partition coefficient (Wildman–Crippen LogP) is 3.80. The summed E-state index contributed by atoms with van der Waals surface area (Å²) >= 11 is 6.01. The van der Waals surface area contributed by atoms with Crippen LogP contribution in [0.25, 0.3) is 10.9 Å². The van der Waals surface area contributed by atoms with Crippen molar-refractivity contribution < 1.29 is 9.90 Å². The van der Waals surface area contributed by atoms with Gasteiger partial charge in [-0.15, -0.1) is 0 Å². The fourth-order valence-corrected chi connectivity index (χ4v) is 2.71.